The molecule has 0 aliphatic carbocycles. The number of carbonyl (C=O) groups excluding carboxylic acids is 2. The zero-order valence-corrected chi connectivity index (χ0v) is 22.4. The quantitative estimate of drug-likeness (QED) is 0.423. The van der Waals surface area contributed by atoms with Crippen LogP contribution in [0.25, 0.3) is 0 Å². The van der Waals surface area contributed by atoms with E-state index in [2.05, 4.69) is 15.6 Å². The number of amides is 2. The van der Waals surface area contributed by atoms with Gasteiger partial charge < -0.3 is 15.5 Å². The Kier molecular flexibility index (Phi) is 8.63. The minimum absolute atomic E-state index is 0.00695. The molecular formula is C27H28ClFN4O4S. The Morgan fingerprint density at radius 1 is 1.11 bits per heavy atom. The number of carbonyl (C=O) groups is 2. The lowest BCUT2D eigenvalue weighted by Gasteiger charge is -2.33. The predicted octanol–water partition coefficient (Wildman–Crippen LogP) is 4.45. The van der Waals surface area contributed by atoms with E-state index in [0.29, 0.717) is 54.3 Å². The Labute approximate surface area is 226 Å². The van der Waals surface area contributed by atoms with Gasteiger partial charge in [0.25, 0.3) is 5.91 Å². The van der Waals surface area contributed by atoms with Gasteiger partial charge in [-0.05, 0) is 60.7 Å². The Morgan fingerprint density at radius 3 is 2.53 bits per heavy atom. The molecule has 11 heteroatoms. The number of nitrogens with one attached hydrogen (secondary N) is 2. The number of aromatic nitrogens is 1. The van der Waals surface area contributed by atoms with Crippen molar-refractivity contribution in [2.75, 3.05) is 29.6 Å². The Hall–Kier alpha value is -3.50. The van der Waals surface area contributed by atoms with Gasteiger partial charge in [-0.3, -0.25) is 9.59 Å². The van der Waals surface area contributed by atoms with E-state index in [-0.39, 0.29) is 34.8 Å². The predicted molar refractivity (Wildman–Crippen MR) is 145 cm³/mol. The summed E-state index contributed by atoms with van der Waals surface area (Å²) >= 11 is 6.01. The van der Waals surface area contributed by atoms with Crippen molar-refractivity contribution in [3.63, 3.8) is 0 Å². The molecule has 0 atom stereocenters. The first-order valence-corrected chi connectivity index (χ1v) is 14.4. The van der Waals surface area contributed by atoms with Crippen LogP contribution in [0.2, 0.25) is 5.02 Å². The molecule has 200 valence electrons. The molecule has 8 nitrogen and oxygen atoms in total. The van der Waals surface area contributed by atoms with Crippen LogP contribution < -0.4 is 15.5 Å². The minimum Gasteiger partial charge on any atom is -0.355 e. The van der Waals surface area contributed by atoms with Crippen LogP contribution in [0.5, 0.6) is 0 Å². The summed E-state index contributed by atoms with van der Waals surface area (Å²) in [4.78, 5) is 31.7. The summed E-state index contributed by atoms with van der Waals surface area (Å²) < 4.78 is 37.6. The monoisotopic (exact) mass is 558 g/mol. The number of rotatable bonds is 8. The van der Waals surface area contributed by atoms with Crippen molar-refractivity contribution in [2.45, 2.75) is 30.7 Å². The van der Waals surface area contributed by atoms with E-state index in [1.165, 1.54) is 30.5 Å². The number of benzene rings is 2. The maximum atomic E-state index is 13.3. The summed E-state index contributed by atoms with van der Waals surface area (Å²) in [5, 5.41) is 6.03. The van der Waals surface area contributed by atoms with Crippen molar-refractivity contribution in [1.82, 2.24) is 10.3 Å². The molecule has 2 amide bonds. The van der Waals surface area contributed by atoms with Gasteiger partial charge in [-0.1, -0.05) is 29.8 Å². The molecular weight excluding hydrogens is 531 g/mol. The molecule has 3 aromatic rings. The second kappa shape index (κ2) is 11.9. The maximum Gasteiger partial charge on any atom is 0.255 e. The van der Waals surface area contributed by atoms with Crippen LogP contribution >= 0.6 is 11.6 Å². The van der Waals surface area contributed by atoms with Gasteiger partial charge in [0.1, 0.15) is 5.82 Å². The number of hydrogen-bond acceptors (Lipinski definition) is 6. The second-order valence-electron chi connectivity index (χ2n) is 9.32. The molecule has 0 spiro atoms. The topological polar surface area (TPSA) is 108 Å². The highest BCUT2D eigenvalue weighted by molar-refractivity contribution is 7.90. The highest BCUT2D eigenvalue weighted by Gasteiger charge is 2.25. The SMILES string of the molecule is CS(=O)(=O)c1cnc(N2CCC(CC(=O)NCc3cccc(F)c3)CC2)c(NC(=O)c2cccc(Cl)c2)c1. The number of anilines is 2. The van der Waals surface area contributed by atoms with Gasteiger partial charge in [-0.15, -0.1) is 0 Å². The molecule has 1 aliphatic rings. The average Bonchev–Trinajstić information content (AvgIpc) is 2.87. The lowest BCUT2D eigenvalue weighted by Crippen LogP contribution is -2.37. The van der Waals surface area contributed by atoms with Gasteiger partial charge in [-0.2, -0.15) is 0 Å². The van der Waals surface area contributed by atoms with Gasteiger partial charge in [0, 0.05) is 49.1 Å². The van der Waals surface area contributed by atoms with E-state index >= 15 is 0 Å². The normalized spacial score (nSPS) is 14.2. The van der Waals surface area contributed by atoms with Crippen molar-refractivity contribution in [1.29, 1.82) is 0 Å². The first kappa shape index (κ1) is 27.5. The fourth-order valence-corrected chi connectivity index (χ4v) is 5.11. The number of pyridine rings is 1. The summed E-state index contributed by atoms with van der Waals surface area (Å²) in [6, 6.07) is 14.0. The largest absolute Gasteiger partial charge is 0.355 e. The molecule has 0 bridgehead atoms. The van der Waals surface area contributed by atoms with Crippen molar-refractivity contribution in [3.05, 3.63) is 82.8 Å². The van der Waals surface area contributed by atoms with Gasteiger partial charge in [-0.25, -0.2) is 17.8 Å². The van der Waals surface area contributed by atoms with Crippen molar-refractivity contribution < 1.29 is 22.4 Å². The molecule has 0 radical (unpaired) electrons. The standard InChI is InChI=1S/C27H28ClFN4O4S/c1-38(36,37)23-15-24(32-27(35)20-5-3-6-21(28)14-20)26(31-17-23)33-10-8-18(9-11-33)13-25(34)30-16-19-4-2-7-22(29)12-19/h2-7,12,14-15,17-18H,8-11,13,16H2,1H3,(H,30,34)(H,32,35). The highest BCUT2D eigenvalue weighted by Crippen LogP contribution is 2.31. The van der Waals surface area contributed by atoms with E-state index in [9.17, 15) is 22.4 Å². The fourth-order valence-electron chi connectivity index (χ4n) is 4.34. The van der Waals surface area contributed by atoms with Crippen molar-refractivity contribution >= 4 is 44.8 Å². The van der Waals surface area contributed by atoms with E-state index in [1.54, 1.807) is 30.3 Å². The van der Waals surface area contributed by atoms with Crippen molar-refractivity contribution in [2.24, 2.45) is 5.92 Å². The average molecular weight is 559 g/mol. The molecule has 1 fully saturated rings. The maximum absolute atomic E-state index is 13.3. The molecule has 0 unspecified atom stereocenters. The molecule has 1 aromatic heterocycles. The molecule has 4 rings (SSSR count). The molecule has 0 saturated carbocycles. The van der Waals surface area contributed by atoms with Crippen molar-refractivity contribution in [3.8, 4) is 0 Å². The second-order valence-corrected chi connectivity index (χ2v) is 11.8. The van der Waals surface area contributed by atoms with E-state index in [0.717, 1.165) is 6.26 Å². The summed E-state index contributed by atoms with van der Waals surface area (Å²) in [7, 11) is -3.55. The van der Waals surface area contributed by atoms with E-state index in [1.807, 2.05) is 4.90 Å². The smallest absolute Gasteiger partial charge is 0.255 e. The molecule has 1 saturated heterocycles. The number of nitrogens with zero attached hydrogens (tertiary/aromatic N) is 2. The van der Waals surface area contributed by atoms with Gasteiger partial charge in [0.15, 0.2) is 15.7 Å². The Balaban J connectivity index is 1.41. The summed E-state index contributed by atoms with van der Waals surface area (Å²) in [5.41, 5.74) is 1.31. The van der Waals surface area contributed by atoms with Gasteiger partial charge >= 0.3 is 0 Å². The molecule has 1 aliphatic heterocycles. The molecule has 2 N–H and O–H groups in total. The van der Waals surface area contributed by atoms with Crippen LogP contribution in [0.3, 0.4) is 0 Å². The number of halogens is 2. The molecule has 2 heterocycles. The summed E-state index contributed by atoms with van der Waals surface area (Å²) in [6.45, 7) is 1.42. The van der Waals surface area contributed by atoms with Crippen LogP contribution in [0.4, 0.5) is 15.9 Å². The summed E-state index contributed by atoms with van der Waals surface area (Å²) in [6.07, 6.45) is 4.14. The summed E-state index contributed by atoms with van der Waals surface area (Å²) in [5.74, 6) is -0.269. The minimum atomic E-state index is -3.55. The Bertz CT molecular complexity index is 1440. The molecule has 38 heavy (non-hydrogen) atoms. The third-order valence-electron chi connectivity index (χ3n) is 6.37. The number of hydrogen-bond donors (Lipinski definition) is 2. The van der Waals surface area contributed by atoms with Crippen LogP contribution in [0.15, 0.2) is 65.7 Å². The van der Waals surface area contributed by atoms with E-state index < -0.39 is 15.7 Å². The van der Waals surface area contributed by atoms with Gasteiger partial charge in [0.2, 0.25) is 5.91 Å². The third-order valence-corrected chi connectivity index (χ3v) is 7.69. The van der Waals surface area contributed by atoms with Gasteiger partial charge in [0.05, 0.1) is 10.6 Å². The zero-order chi connectivity index (χ0) is 27.3. The highest BCUT2D eigenvalue weighted by atomic mass is 35.5. The van der Waals surface area contributed by atoms with E-state index in [4.69, 9.17) is 11.6 Å². The lowest BCUT2D eigenvalue weighted by atomic mass is 9.93. The first-order valence-electron chi connectivity index (χ1n) is 12.1. The van der Waals surface area contributed by atoms with Crippen LogP contribution in [0.1, 0.15) is 35.2 Å². The zero-order valence-electron chi connectivity index (χ0n) is 20.8. The van der Waals surface area contributed by atoms with Crippen LogP contribution in [-0.4, -0.2) is 44.6 Å². The first-order chi connectivity index (χ1) is 18.1. The fraction of sp³-hybridized carbons (Fsp3) is 0.296. The third kappa shape index (κ3) is 7.29. The number of piperidine rings is 1. The lowest BCUT2D eigenvalue weighted by molar-refractivity contribution is -0.122. The Morgan fingerprint density at radius 2 is 1.84 bits per heavy atom. The number of sulfone groups is 1. The molecule has 2 aromatic carbocycles. The van der Waals surface area contributed by atoms with Crippen LogP contribution in [-0.2, 0) is 21.2 Å². The van der Waals surface area contributed by atoms with Crippen LogP contribution in [0, 0.1) is 11.7 Å².